The van der Waals surface area contributed by atoms with Gasteiger partial charge in [-0.1, -0.05) is 26.7 Å². The van der Waals surface area contributed by atoms with Crippen LogP contribution in [0.4, 0.5) is 11.4 Å². The second-order valence-electron chi connectivity index (χ2n) is 6.55. The average Bonchev–Trinajstić information content (AvgIpc) is 2.56. The van der Waals surface area contributed by atoms with E-state index in [0.717, 1.165) is 31.4 Å². The summed E-state index contributed by atoms with van der Waals surface area (Å²) < 4.78 is 4.97. The molecule has 1 aromatic rings. The zero-order chi connectivity index (χ0) is 18.6. The highest BCUT2D eigenvalue weighted by atomic mass is 16.6. The Morgan fingerprint density at radius 2 is 2.08 bits per heavy atom. The molecule has 3 atom stereocenters. The number of nitrogens with one attached hydrogen (secondary N) is 1. The van der Waals surface area contributed by atoms with Crippen molar-refractivity contribution in [1.29, 1.82) is 0 Å². The van der Waals surface area contributed by atoms with E-state index in [1.165, 1.54) is 6.07 Å². The van der Waals surface area contributed by atoms with Crippen LogP contribution >= 0.6 is 0 Å². The van der Waals surface area contributed by atoms with Gasteiger partial charge < -0.3 is 15.8 Å². The third-order valence-corrected chi connectivity index (χ3v) is 4.85. The van der Waals surface area contributed by atoms with Gasteiger partial charge in [0, 0.05) is 18.2 Å². The molecule has 136 valence electrons. The fourth-order valence-electron chi connectivity index (χ4n) is 3.09. The molecule has 0 radical (unpaired) electrons. The van der Waals surface area contributed by atoms with Crippen LogP contribution in [0.15, 0.2) is 18.2 Å². The molecule has 2 rings (SSSR count). The lowest BCUT2D eigenvalue weighted by Crippen LogP contribution is -2.45. The molecular formula is C17H23N3O5. The van der Waals surface area contributed by atoms with Crippen LogP contribution in [0.5, 0.6) is 0 Å². The van der Waals surface area contributed by atoms with Crippen molar-refractivity contribution in [2.45, 2.75) is 39.2 Å². The summed E-state index contributed by atoms with van der Waals surface area (Å²) in [4.78, 5) is 34.1. The molecule has 25 heavy (non-hydrogen) atoms. The summed E-state index contributed by atoms with van der Waals surface area (Å²) >= 11 is 0. The molecule has 1 aromatic carbocycles. The maximum Gasteiger partial charge on any atom is 0.340 e. The van der Waals surface area contributed by atoms with Crippen molar-refractivity contribution >= 4 is 23.3 Å². The summed E-state index contributed by atoms with van der Waals surface area (Å²) in [6.07, 6.45) is 3.14. The fourth-order valence-corrected chi connectivity index (χ4v) is 3.09. The van der Waals surface area contributed by atoms with E-state index in [-0.39, 0.29) is 28.9 Å². The van der Waals surface area contributed by atoms with E-state index in [9.17, 15) is 19.7 Å². The average molecular weight is 349 g/mol. The minimum absolute atomic E-state index is 0.00180. The maximum atomic E-state index is 12.0. The zero-order valence-corrected chi connectivity index (χ0v) is 14.4. The number of non-ortho nitro benzene ring substituents is 1. The van der Waals surface area contributed by atoms with Crippen LogP contribution < -0.4 is 11.1 Å². The predicted molar refractivity (Wildman–Crippen MR) is 91.9 cm³/mol. The first-order chi connectivity index (χ1) is 11.8. The summed E-state index contributed by atoms with van der Waals surface area (Å²) in [5.74, 6) is -0.229. The molecule has 3 N–H and O–H groups in total. The molecular weight excluding hydrogens is 326 g/mol. The van der Waals surface area contributed by atoms with Crippen LogP contribution in [-0.2, 0) is 9.53 Å². The van der Waals surface area contributed by atoms with Gasteiger partial charge in [-0.2, -0.15) is 0 Å². The molecule has 0 saturated heterocycles. The number of esters is 1. The van der Waals surface area contributed by atoms with Crippen molar-refractivity contribution in [3.8, 4) is 0 Å². The van der Waals surface area contributed by atoms with Crippen LogP contribution in [0.25, 0.3) is 0 Å². The number of rotatable bonds is 5. The number of benzene rings is 1. The molecule has 0 spiro atoms. The molecule has 0 aliphatic heterocycles. The van der Waals surface area contributed by atoms with Gasteiger partial charge in [-0.15, -0.1) is 0 Å². The number of nitro benzene ring substituents is 1. The summed E-state index contributed by atoms with van der Waals surface area (Å²) in [6.45, 7) is 3.87. The number of carbonyl (C=O) groups excluding carboxylic acids is 2. The fraction of sp³-hybridized carbons (Fsp3) is 0.529. The highest BCUT2D eigenvalue weighted by Crippen LogP contribution is 2.29. The van der Waals surface area contributed by atoms with Crippen molar-refractivity contribution in [2.24, 2.45) is 11.8 Å². The van der Waals surface area contributed by atoms with Gasteiger partial charge in [0.25, 0.3) is 11.6 Å². The molecule has 0 bridgehead atoms. The molecule has 8 nitrogen and oxygen atoms in total. The molecule has 1 aliphatic carbocycles. The largest absolute Gasteiger partial charge is 0.452 e. The van der Waals surface area contributed by atoms with Crippen LogP contribution in [0.1, 0.15) is 43.5 Å². The highest BCUT2D eigenvalue weighted by molar-refractivity contribution is 5.96. The Morgan fingerprint density at radius 3 is 2.72 bits per heavy atom. The van der Waals surface area contributed by atoms with Crippen molar-refractivity contribution in [1.82, 2.24) is 5.32 Å². The summed E-state index contributed by atoms with van der Waals surface area (Å²) in [6, 6.07) is 3.55. The van der Waals surface area contributed by atoms with Gasteiger partial charge in [0.05, 0.1) is 16.2 Å². The number of nitro groups is 1. The van der Waals surface area contributed by atoms with E-state index < -0.39 is 17.5 Å². The number of anilines is 1. The first kappa shape index (κ1) is 18.7. The Bertz CT molecular complexity index is 676. The first-order valence-electron chi connectivity index (χ1n) is 8.30. The number of carbonyl (C=O) groups is 2. The summed E-state index contributed by atoms with van der Waals surface area (Å²) in [7, 11) is 0. The van der Waals surface area contributed by atoms with Gasteiger partial charge in [0.15, 0.2) is 6.61 Å². The molecule has 1 amide bonds. The van der Waals surface area contributed by atoms with Gasteiger partial charge in [-0.25, -0.2) is 4.79 Å². The van der Waals surface area contributed by atoms with Gasteiger partial charge in [0.1, 0.15) is 0 Å². The smallest absolute Gasteiger partial charge is 0.340 e. The van der Waals surface area contributed by atoms with Crippen molar-refractivity contribution in [3.05, 3.63) is 33.9 Å². The lowest BCUT2D eigenvalue weighted by atomic mass is 9.78. The van der Waals surface area contributed by atoms with E-state index in [1.807, 2.05) is 0 Å². The number of hydrogen-bond acceptors (Lipinski definition) is 6. The normalized spacial score (nSPS) is 22.9. The van der Waals surface area contributed by atoms with Gasteiger partial charge in [-0.3, -0.25) is 14.9 Å². The van der Waals surface area contributed by atoms with Gasteiger partial charge >= 0.3 is 5.97 Å². The molecule has 0 heterocycles. The third kappa shape index (κ3) is 4.68. The molecule has 1 aliphatic rings. The standard InChI is InChI=1S/C17H23N3O5/c1-10-4-3-5-15(11(10)2)19-16(21)9-25-17(22)13-7-6-12(20(23)24)8-14(13)18/h6-8,10-11,15H,3-5,9,18H2,1-2H3,(H,19,21)/t10-,11+,15-/m0/s1. The maximum absolute atomic E-state index is 12.0. The van der Waals surface area contributed by atoms with Crippen molar-refractivity contribution in [3.63, 3.8) is 0 Å². The van der Waals surface area contributed by atoms with Gasteiger partial charge in [0.2, 0.25) is 0 Å². The lowest BCUT2D eigenvalue weighted by Gasteiger charge is -2.34. The molecule has 1 fully saturated rings. The van der Waals surface area contributed by atoms with E-state index >= 15 is 0 Å². The number of hydrogen-bond donors (Lipinski definition) is 2. The van der Waals surface area contributed by atoms with Crippen LogP contribution in [-0.4, -0.2) is 29.4 Å². The van der Waals surface area contributed by atoms with Crippen molar-refractivity contribution < 1.29 is 19.2 Å². The highest BCUT2D eigenvalue weighted by Gasteiger charge is 2.28. The molecule has 1 saturated carbocycles. The van der Waals surface area contributed by atoms with Gasteiger partial charge in [-0.05, 0) is 24.3 Å². The first-order valence-corrected chi connectivity index (χ1v) is 8.30. The van der Waals surface area contributed by atoms with E-state index in [4.69, 9.17) is 10.5 Å². The second kappa shape index (κ2) is 7.96. The Balaban J connectivity index is 1.89. The number of amides is 1. The quantitative estimate of drug-likeness (QED) is 0.364. The Hall–Kier alpha value is -2.64. The predicted octanol–water partition coefficient (Wildman–Crippen LogP) is 2.27. The van der Waals surface area contributed by atoms with Crippen LogP contribution in [0, 0.1) is 22.0 Å². The third-order valence-electron chi connectivity index (χ3n) is 4.85. The minimum atomic E-state index is -0.785. The second-order valence-corrected chi connectivity index (χ2v) is 6.55. The zero-order valence-electron chi connectivity index (χ0n) is 14.4. The Morgan fingerprint density at radius 1 is 1.36 bits per heavy atom. The monoisotopic (exact) mass is 349 g/mol. The molecule has 0 aromatic heterocycles. The van der Waals surface area contributed by atoms with E-state index in [2.05, 4.69) is 19.2 Å². The summed E-state index contributed by atoms with van der Waals surface area (Å²) in [5, 5.41) is 13.6. The van der Waals surface area contributed by atoms with Crippen molar-refractivity contribution in [2.75, 3.05) is 12.3 Å². The van der Waals surface area contributed by atoms with Crippen LogP contribution in [0.2, 0.25) is 0 Å². The number of nitrogen functional groups attached to an aromatic ring is 1. The number of ether oxygens (including phenoxy) is 1. The minimum Gasteiger partial charge on any atom is -0.452 e. The molecule has 8 heteroatoms. The molecule has 0 unspecified atom stereocenters. The lowest BCUT2D eigenvalue weighted by molar-refractivity contribution is -0.384. The SMILES string of the molecule is C[C@H]1[C@@H](NC(=O)COC(=O)c2ccc([N+](=O)[O-])cc2N)CCC[C@@H]1C. The Labute approximate surface area is 145 Å². The Kier molecular flexibility index (Phi) is 5.95. The van der Waals surface area contributed by atoms with Crippen LogP contribution in [0.3, 0.4) is 0 Å². The number of nitrogens with two attached hydrogens (primary N) is 1. The summed E-state index contributed by atoms with van der Waals surface area (Å²) in [5.41, 5.74) is 5.37. The van der Waals surface area contributed by atoms with E-state index in [0.29, 0.717) is 11.8 Å². The number of nitrogens with zero attached hydrogens (tertiary/aromatic N) is 1. The topological polar surface area (TPSA) is 125 Å². The van der Waals surface area contributed by atoms with E-state index in [1.54, 1.807) is 0 Å².